The summed E-state index contributed by atoms with van der Waals surface area (Å²) in [7, 11) is 0. The summed E-state index contributed by atoms with van der Waals surface area (Å²) in [6, 6.07) is 10.5. The lowest BCUT2D eigenvalue weighted by molar-refractivity contribution is -0.142. The number of nitrogens with zero attached hydrogens (tertiary/aromatic N) is 3. The molecule has 0 bridgehead atoms. The van der Waals surface area contributed by atoms with Gasteiger partial charge in [0.1, 0.15) is 12.0 Å². The third-order valence-corrected chi connectivity index (χ3v) is 3.04. The summed E-state index contributed by atoms with van der Waals surface area (Å²) in [6.45, 7) is -0.209. The second-order valence-electron chi connectivity index (χ2n) is 4.72. The molecule has 0 fully saturated rings. The van der Waals surface area contributed by atoms with E-state index in [0.29, 0.717) is 22.3 Å². The van der Waals surface area contributed by atoms with E-state index in [9.17, 15) is 18.0 Å². The SMILES string of the molecule is O=c1ccc(C(F)(F)F)nn1Cc1coc(-c2ccccc2)n1. The fraction of sp³-hybridized carbons (Fsp3) is 0.133. The third-order valence-electron chi connectivity index (χ3n) is 3.04. The Kier molecular flexibility index (Phi) is 3.73. The third kappa shape index (κ3) is 3.31. The van der Waals surface area contributed by atoms with Crippen molar-refractivity contribution < 1.29 is 17.6 Å². The monoisotopic (exact) mass is 321 g/mol. The summed E-state index contributed by atoms with van der Waals surface area (Å²) < 4.78 is 43.9. The largest absolute Gasteiger partial charge is 0.444 e. The zero-order valence-corrected chi connectivity index (χ0v) is 11.6. The van der Waals surface area contributed by atoms with Crippen LogP contribution in [0.25, 0.3) is 11.5 Å². The maximum atomic E-state index is 12.7. The molecule has 0 atom stereocenters. The molecule has 1 aromatic carbocycles. The van der Waals surface area contributed by atoms with E-state index in [1.54, 1.807) is 24.3 Å². The van der Waals surface area contributed by atoms with Gasteiger partial charge in [-0.05, 0) is 18.2 Å². The minimum absolute atomic E-state index is 0.209. The van der Waals surface area contributed by atoms with Crippen LogP contribution in [-0.4, -0.2) is 14.8 Å². The number of benzene rings is 1. The first kappa shape index (κ1) is 15.0. The number of alkyl halides is 3. The molecule has 8 heteroatoms. The van der Waals surface area contributed by atoms with E-state index in [2.05, 4.69) is 10.1 Å². The van der Waals surface area contributed by atoms with Gasteiger partial charge < -0.3 is 4.42 Å². The average Bonchev–Trinajstić information content (AvgIpc) is 2.98. The average molecular weight is 321 g/mol. The van der Waals surface area contributed by atoms with E-state index in [1.807, 2.05) is 6.07 Å². The van der Waals surface area contributed by atoms with Crippen molar-refractivity contribution in [2.75, 3.05) is 0 Å². The van der Waals surface area contributed by atoms with E-state index >= 15 is 0 Å². The van der Waals surface area contributed by atoms with Gasteiger partial charge >= 0.3 is 6.18 Å². The molecule has 3 rings (SSSR count). The topological polar surface area (TPSA) is 60.9 Å². The molecule has 5 nitrogen and oxygen atoms in total. The highest BCUT2D eigenvalue weighted by Gasteiger charge is 2.33. The van der Waals surface area contributed by atoms with Crippen LogP contribution in [0.1, 0.15) is 11.4 Å². The Morgan fingerprint density at radius 2 is 1.83 bits per heavy atom. The van der Waals surface area contributed by atoms with Gasteiger partial charge in [0.2, 0.25) is 5.89 Å². The van der Waals surface area contributed by atoms with Crippen molar-refractivity contribution in [1.82, 2.24) is 14.8 Å². The van der Waals surface area contributed by atoms with Crippen LogP contribution in [0.2, 0.25) is 0 Å². The van der Waals surface area contributed by atoms with Gasteiger partial charge in [-0.3, -0.25) is 4.79 Å². The van der Waals surface area contributed by atoms with Crippen molar-refractivity contribution in [2.24, 2.45) is 0 Å². The molecule has 118 valence electrons. The van der Waals surface area contributed by atoms with Crippen LogP contribution in [0, 0.1) is 0 Å². The van der Waals surface area contributed by atoms with Gasteiger partial charge in [-0.2, -0.15) is 18.3 Å². The predicted molar refractivity (Wildman–Crippen MR) is 74.5 cm³/mol. The lowest BCUT2D eigenvalue weighted by Gasteiger charge is -2.07. The Balaban J connectivity index is 1.89. The van der Waals surface area contributed by atoms with Gasteiger partial charge in [-0.1, -0.05) is 18.2 Å². The van der Waals surface area contributed by atoms with Crippen LogP contribution in [0.3, 0.4) is 0 Å². The quantitative estimate of drug-likeness (QED) is 0.744. The van der Waals surface area contributed by atoms with Crippen LogP contribution in [0.5, 0.6) is 0 Å². The van der Waals surface area contributed by atoms with E-state index in [-0.39, 0.29) is 6.54 Å². The zero-order chi connectivity index (χ0) is 16.4. The first-order valence-corrected chi connectivity index (χ1v) is 6.59. The molecule has 0 aliphatic heterocycles. The fourth-order valence-electron chi connectivity index (χ4n) is 1.96. The molecule has 0 N–H and O–H groups in total. The number of aromatic nitrogens is 3. The Hall–Kier alpha value is -2.90. The standard InChI is InChI=1S/C15H10F3N3O2/c16-15(17,18)12-6-7-13(22)21(20-12)8-11-9-23-14(19-11)10-4-2-1-3-5-10/h1-7,9H,8H2. The first-order valence-electron chi connectivity index (χ1n) is 6.59. The van der Waals surface area contributed by atoms with Crippen molar-refractivity contribution in [3.63, 3.8) is 0 Å². The molecule has 0 radical (unpaired) electrons. The number of hydrogen-bond acceptors (Lipinski definition) is 4. The maximum Gasteiger partial charge on any atom is 0.435 e. The molecule has 0 amide bonds. The van der Waals surface area contributed by atoms with Crippen molar-refractivity contribution in [3.05, 3.63) is 70.5 Å². The lowest BCUT2D eigenvalue weighted by Crippen LogP contribution is -2.26. The van der Waals surface area contributed by atoms with Gasteiger partial charge in [-0.15, -0.1) is 0 Å². The van der Waals surface area contributed by atoms with Crippen LogP contribution >= 0.6 is 0 Å². The van der Waals surface area contributed by atoms with E-state index in [0.717, 1.165) is 11.6 Å². The van der Waals surface area contributed by atoms with Gasteiger partial charge in [0.15, 0.2) is 5.69 Å². The van der Waals surface area contributed by atoms with Crippen molar-refractivity contribution in [3.8, 4) is 11.5 Å². The maximum absolute atomic E-state index is 12.7. The van der Waals surface area contributed by atoms with Crippen molar-refractivity contribution in [2.45, 2.75) is 12.7 Å². The fourth-order valence-corrected chi connectivity index (χ4v) is 1.96. The van der Waals surface area contributed by atoms with Gasteiger partial charge in [-0.25, -0.2) is 9.67 Å². The summed E-state index contributed by atoms with van der Waals surface area (Å²) in [5, 5.41) is 3.32. The second-order valence-corrected chi connectivity index (χ2v) is 4.72. The van der Waals surface area contributed by atoms with Crippen LogP contribution in [0.15, 0.2) is 57.9 Å². The van der Waals surface area contributed by atoms with Gasteiger partial charge in [0.05, 0.1) is 6.54 Å². The number of hydrogen-bond donors (Lipinski definition) is 0. The summed E-state index contributed by atoms with van der Waals surface area (Å²) in [5.41, 5.74) is -0.757. The van der Waals surface area contributed by atoms with Crippen molar-refractivity contribution >= 4 is 0 Å². The Labute approximate surface area is 128 Å². The summed E-state index contributed by atoms with van der Waals surface area (Å²) >= 11 is 0. The molecule has 0 unspecified atom stereocenters. The number of oxazole rings is 1. The van der Waals surface area contributed by atoms with Gasteiger partial charge in [0, 0.05) is 11.6 Å². The van der Waals surface area contributed by atoms with Crippen LogP contribution < -0.4 is 5.56 Å². The smallest absolute Gasteiger partial charge is 0.435 e. The van der Waals surface area contributed by atoms with Crippen LogP contribution in [-0.2, 0) is 12.7 Å². The molecular formula is C15H10F3N3O2. The Bertz CT molecular complexity index is 869. The lowest BCUT2D eigenvalue weighted by atomic mass is 10.2. The second kappa shape index (κ2) is 5.71. The Morgan fingerprint density at radius 3 is 2.52 bits per heavy atom. The Morgan fingerprint density at radius 1 is 1.09 bits per heavy atom. The predicted octanol–water partition coefficient (Wildman–Crippen LogP) is 2.97. The highest BCUT2D eigenvalue weighted by molar-refractivity contribution is 5.52. The molecule has 0 aliphatic carbocycles. The minimum Gasteiger partial charge on any atom is -0.444 e. The zero-order valence-electron chi connectivity index (χ0n) is 11.6. The molecule has 0 saturated heterocycles. The molecular weight excluding hydrogens is 311 g/mol. The number of halogens is 3. The van der Waals surface area contributed by atoms with E-state index in [1.165, 1.54) is 6.26 Å². The summed E-state index contributed by atoms with van der Waals surface area (Å²) in [5.74, 6) is 0.320. The van der Waals surface area contributed by atoms with E-state index in [4.69, 9.17) is 4.42 Å². The normalized spacial score (nSPS) is 11.6. The first-order chi connectivity index (χ1) is 10.9. The molecule has 2 aromatic heterocycles. The minimum atomic E-state index is -4.62. The molecule has 0 aliphatic rings. The molecule has 3 aromatic rings. The highest BCUT2D eigenvalue weighted by atomic mass is 19.4. The van der Waals surface area contributed by atoms with Crippen LogP contribution in [0.4, 0.5) is 13.2 Å². The van der Waals surface area contributed by atoms with Gasteiger partial charge in [0.25, 0.3) is 5.56 Å². The van der Waals surface area contributed by atoms with Crippen molar-refractivity contribution in [1.29, 1.82) is 0 Å². The molecule has 2 heterocycles. The summed E-state index contributed by atoms with van der Waals surface area (Å²) in [6.07, 6.45) is -3.33. The highest BCUT2D eigenvalue weighted by Crippen LogP contribution is 2.26. The molecule has 0 spiro atoms. The summed E-state index contributed by atoms with van der Waals surface area (Å²) in [4.78, 5) is 15.8. The molecule has 23 heavy (non-hydrogen) atoms. The van der Waals surface area contributed by atoms with E-state index < -0.39 is 17.4 Å². The molecule has 0 saturated carbocycles. The number of rotatable bonds is 3.